The molecule has 0 amide bonds. The first-order valence-electron chi connectivity index (χ1n) is 16.2. The highest BCUT2D eigenvalue weighted by molar-refractivity contribution is 7.45. The molecule has 238 valence electrons. The molecule has 1 rings (SSSR count). The molecule has 0 fully saturated rings. The van der Waals surface area contributed by atoms with E-state index in [4.69, 9.17) is 13.8 Å². The largest absolute Gasteiger partial charge is 0.756 e. The van der Waals surface area contributed by atoms with Crippen molar-refractivity contribution in [1.82, 2.24) is 0 Å². The molecule has 0 bridgehead atoms. The summed E-state index contributed by atoms with van der Waals surface area (Å²) in [5.74, 6) is 0.721. The van der Waals surface area contributed by atoms with Crippen molar-refractivity contribution < 1.29 is 32.5 Å². The third kappa shape index (κ3) is 22.0. The molecule has 0 aromatic heterocycles. The molecule has 7 nitrogen and oxygen atoms in total. The van der Waals surface area contributed by atoms with Crippen LogP contribution in [0, 0.1) is 5.92 Å². The molecule has 0 aliphatic carbocycles. The van der Waals surface area contributed by atoms with E-state index in [0.29, 0.717) is 25.9 Å². The van der Waals surface area contributed by atoms with Crippen LogP contribution in [0.4, 0.5) is 0 Å². The molecule has 41 heavy (non-hydrogen) atoms. The van der Waals surface area contributed by atoms with Gasteiger partial charge in [-0.1, -0.05) is 83.8 Å². The van der Waals surface area contributed by atoms with Crippen molar-refractivity contribution in [3.05, 3.63) is 29.8 Å². The predicted octanol–water partition coefficient (Wildman–Crippen LogP) is 7.89. The number of rotatable bonds is 27. The van der Waals surface area contributed by atoms with Crippen LogP contribution in [0.3, 0.4) is 0 Å². The number of nitrogens with zero attached hydrogens (tertiary/aromatic N) is 1. The van der Waals surface area contributed by atoms with Gasteiger partial charge in [-0.05, 0) is 55.7 Å². The third-order valence-corrected chi connectivity index (χ3v) is 8.16. The first-order valence-corrected chi connectivity index (χ1v) is 17.6. The quantitative estimate of drug-likeness (QED) is 0.0582. The smallest absolute Gasteiger partial charge is 0.267 e. The Morgan fingerprint density at radius 3 is 1.98 bits per heavy atom. The minimum Gasteiger partial charge on any atom is -0.756 e. The molecule has 2 unspecified atom stereocenters. The highest BCUT2D eigenvalue weighted by atomic mass is 31.2. The maximum atomic E-state index is 12.4. The summed E-state index contributed by atoms with van der Waals surface area (Å²) in [5.41, 5.74) is 1.02. The van der Waals surface area contributed by atoms with Crippen LogP contribution in [0.1, 0.15) is 116 Å². The third-order valence-electron chi connectivity index (χ3n) is 7.20. The summed E-state index contributed by atoms with van der Waals surface area (Å²) in [4.78, 5) is 24.7. The summed E-state index contributed by atoms with van der Waals surface area (Å²) in [5, 5.41) is 0. The molecule has 2 atom stereocenters. The summed E-state index contributed by atoms with van der Waals surface area (Å²) in [7, 11) is 1.88. The van der Waals surface area contributed by atoms with Gasteiger partial charge in [0.2, 0.25) is 0 Å². The number of Topliss-reactive ketones (excluding diaryl/α,β-unsaturated/α-hetero) is 1. The van der Waals surface area contributed by atoms with Crippen molar-refractivity contribution in [2.45, 2.75) is 117 Å². The molecular weight excluding hydrogens is 537 g/mol. The van der Waals surface area contributed by atoms with E-state index < -0.39 is 7.82 Å². The van der Waals surface area contributed by atoms with Crippen molar-refractivity contribution in [3.63, 3.8) is 0 Å². The van der Waals surface area contributed by atoms with E-state index in [1.54, 1.807) is 0 Å². The van der Waals surface area contributed by atoms with Crippen LogP contribution >= 0.6 is 7.82 Å². The Morgan fingerprint density at radius 2 is 1.39 bits per heavy atom. The maximum Gasteiger partial charge on any atom is 0.267 e. The first-order chi connectivity index (χ1) is 19.5. The summed E-state index contributed by atoms with van der Waals surface area (Å²) in [6, 6.07) is 7.89. The molecule has 1 aromatic carbocycles. The number of ketones is 1. The summed E-state index contributed by atoms with van der Waals surface area (Å²) >= 11 is 0. The number of hydrogen-bond donors (Lipinski definition) is 0. The lowest BCUT2D eigenvalue weighted by molar-refractivity contribution is -0.870. The van der Waals surface area contributed by atoms with Crippen LogP contribution in [0.15, 0.2) is 24.3 Å². The van der Waals surface area contributed by atoms with E-state index in [1.807, 2.05) is 31.2 Å². The molecule has 0 spiro atoms. The number of hydrogen-bond acceptors (Lipinski definition) is 6. The second-order valence-electron chi connectivity index (χ2n) is 12.5. The van der Waals surface area contributed by atoms with Crippen LogP contribution in [0.25, 0.3) is 0 Å². The molecule has 1 aromatic rings. The molecular formula is C33H60NO6P. The monoisotopic (exact) mass is 597 g/mol. The van der Waals surface area contributed by atoms with Gasteiger partial charge in [0.15, 0.2) is 0 Å². The number of phosphoric ester groups is 1. The van der Waals surface area contributed by atoms with Gasteiger partial charge in [0.1, 0.15) is 11.5 Å². The molecule has 0 radical (unpaired) electrons. The molecule has 0 aliphatic rings. The Hall–Kier alpha value is -1.24. The van der Waals surface area contributed by atoms with Crippen LogP contribution in [-0.2, 0) is 24.8 Å². The van der Waals surface area contributed by atoms with Gasteiger partial charge < -0.3 is 23.2 Å². The summed E-state index contributed by atoms with van der Waals surface area (Å²) in [6.07, 6.45) is 16.6. The van der Waals surface area contributed by atoms with E-state index in [-0.39, 0.29) is 31.3 Å². The fourth-order valence-corrected chi connectivity index (χ4v) is 5.65. The molecule has 8 heteroatoms. The van der Waals surface area contributed by atoms with E-state index in [9.17, 15) is 14.3 Å². The Kier molecular flexibility index (Phi) is 20.6. The molecule has 0 N–H and O–H groups in total. The Morgan fingerprint density at radius 1 is 0.805 bits per heavy atom. The summed E-state index contributed by atoms with van der Waals surface area (Å²) < 4.78 is 29.4. The van der Waals surface area contributed by atoms with Gasteiger partial charge >= 0.3 is 0 Å². The maximum absolute atomic E-state index is 12.4. The lowest BCUT2D eigenvalue weighted by atomic mass is 9.94. The molecule has 0 saturated carbocycles. The molecule has 0 aliphatic heterocycles. The second-order valence-corrected chi connectivity index (χ2v) is 13.9. The van der Waals surface area contributed by atoms with Crippen molar-refractivity contribution in [1.29, 1.82) is 0 Å². The summed E-state index contributed by atoms with van der Waals surface area (Å²) in [6.45, 7) is 5.93. The van der Waals surface area contributed by atoms with Crippen LogP contribution in [0.2, 0.25) is 0 Å². The number of carbonyl (C=O) groups excluding carboxylic acids is 1. The van der Waals surface area contributed by atoms with Crippen molar-refractivity contribution in [2.75, 3.05) is 47.5 Å². The average Bonchev–Trinajstić information content (AvgIpc) is 2.90. The van der Waals surface area contributed by atoms with Gasteiger partial charge in [-0.25, -0.2) is 0 Å². The van der Waals surface area contributed by atoms with Crippen LogP contribution in [-0.4, -0.2) is 57.8 Å². The minimum atomic E-state index is -4.42. The normalized spacial score (nSPS) is 14.1. The Balaban J connectivity index is 2.42. The predicted molar refractivity (Wildman–Crippen MR) is 167 cm³/mol. The number of phosphoric acid groups is 1. The fraction of sp³-hybridized carbons (Fsp3) is 0.788. The van der Waals surface area contributed by atoms with Gasteiger partial charge in [0.05, 0.1) is 47.5 Å². The van der Waals surface area contributed by atoms with E-state index in [2.05, 4.69) is 28.1 Å². The zero-order chi connectivity index (χ0) is 30.4. The van der Waals surface area contributed by atoms with Crippen molar-refractivity contribution in [2.24, 2.45) is 5.92 Å². The Labute approximate surface area is 251 Å². The number of ether oxygens (including phenoxy) is 1. The van der Waals surface area contributed by atoms with Gasteiger partial charge in [-0.15, -0.1) is 0 Å². The highest BCUT2D eigenvalue weighted by Gasteiger charge is 2.19. The van der Waals surface area contributed by atoms with E-state index in [0.717, 1.165) is 41.6 Å². The van der Waals surface area contributed by atoms with Gasteiger partial charge in [-0.3, -0.25) is 9.36 Å². The van der Waals surface area contributed by atoms with Crippen LogP contribution < -0.4 is 9.63 Å². The SMILES string of the molecule is CCCCCCCCCCCCOc1ccc(CC(COP(=O)([O-])OCCCC[N+](C)(C)C)CC(=O)CCC)cc1. The van der Waals surface area contributed by atoms with Crippen molar-refractivity contribution in [3.8, 4) is 5.75 Å². The van der Waals surface area contributed by atoms with Gasteiger partial charge in [0.25, 0.3) is 7.82 Å². The highest BCUT2D eigenvalue weighted by Crippen LogP contribution is 2.39. The second kappa shape index (κ2) is 22.3. The number of quaternary nitrogens is 1. The van der Waals surface area contributed by atoms with E-state index >= 15 is 0 Å². The zero-order valence-electron chi connectivity index (χ0n) is 26.9. The zero-order valence-corrected chi connectivity index (χ0v) is 27.8. The average molecular weight is 598 g/mol. The lowest BCUT2D eigenvalue weighted by Crippen LogP contribution is -2.35. The number of unbranched alkanes of at least 4 members (excludes halogenated alkanes) is 10. The Bertz CT molecular complexity index is 839. The first kappa shape index (κ1) is 37.8. The molecule has 0 saturated heterocycles. The minimum absolute atomic E-state index is 0.0634. The standard InChI is InChI=1S/C33H60NO6P/c1-6-8-9-10-11-12-13-14-15-17-25-38-33-22-20-30(21-23-33)27-31(28-32(35)19-7-2)29-40-41(36,37)39-26-18-16-24-34(3,4)5/h20-23,31H,6-19,24-29H2,1-5H3. The van der Waals surface area contributed by atoms with Crippen LogP contribution in [0.5, 0.6) is 5.75 Å². The van der Waals surface area contributed by atoms with Gasteiger partial charge in [0, 0.05) is 12.8 Å². The van der Waals surface area contributed by atoms with Crippen molar-refractivity contribution >= 4 is 13.6 Å². The van der Waals surface area contributed by atoms with Gasteiger partial charge in [-0.2, -0.15) is 0 Å². The fourth-order valence-electron chi connectivity index (χ4n) is 4.83. The number of carbonyl (C=O) groups is 1. The topological polar surface area (TPSA) is 84.9 Å². The van der Waals surface area contributed by atoms with E-state index in [1.165, 1.54) is 57.8 Å². The lowest BCUT2D eigenvalue weighted by Gasteiger charge is -2.26. The molecule has 0 heterocycles. The number of benzene rings is 1.